The van der Waals surface area contributed by atoms with Gasteiger partial charge in [0.15, 0.2) is 0 Å². The van der Waals surface area contributed by atoms with Crippen LogP contribution in [0.2, 0.25) is 0 Å². The van der Waals surface area contributed by atoms with Gasteiger partial charge in [0, 0.05) is 29.9 Å². The number of nitrogens with one attached hydrogen (secondary N) is 2. The molecule has 2 aromatic carbocycles. The number of H-pyrrole nitrogens is 1. The number of imidazole rings is 1. The lowest BCUT2D eigenvalue weighted by molar-refractivity contribution is 0.0600. The van der Waals surface area contributed by atoms with Crippen LogP contribution in [0.15, 0.2) is 54.9 Å². The molecule has 0 saturated carbocycles. The van der Waals surface area contributed by atoms with Crippen LogP contribution in [0.25, 0.3) is 0 Å². The molecule has 2 N–H and O–H groups in total. The molecule has 154 valence electrons. The Morgan fingerprint density at radius 2 is 1.90 bits per heavy atom. The number of hydrogen-bond donors (Lipinski definition) is 2. The van der Waals surface area contributed by atoms with Crippen LogP contribution in [0.5, 0.6) is 5.75 Å². The van der Waals surface area contributed by atoms with Crippen molar-refractivity contribution in [1.29, 1.82) is 0 Å². The van der Waals surface area contributed by atoms with Crippen LogP contribution in [0, 0.1) is 0 Å². The number of benzene rings is 2. The number of rotatable bonds is 4. The third-order valence-corrected chi connectivity index (χ3v) is 5.18. The second-order valence-electron chi connectivity index (χ2n) is 6.85. The molecule has 1 aromatic heterocycles. The molecule has 0 unspecified atom stereocenters. The van der Waals surface area contributed by atoms with Crippen LogP contribution >= 0.6 is 0 Å². The van der Waals surface area contributed by atoms with Crippen molar-refractivity contribution >= 4 is 17.7 Å². The van der Waals surface area contributed by atoms with E-state index in [1.165, 1.54) is 7.11 Å². The topological polar surface area (TPSA) is 96.6 Å². The summed E-state index contributed by atoms with van der Waals surface area (Å²) in [5, 5.41) is 2.91. The van der Waals surface area contributed by atoms with E-state index in [4.69, 9.17) is 9.47 Å². The van der Waals surface area contributed by atoms with Crippen molar-refractivity contribution in [3.8, 4) is 5.75 Å². The number of fused-ring (bicyclic) bond motifs is 1. The Bertz CT molecular complexity index is 1060. The minimum atomic E-state index is -0.425. The predicted octanol–water partition coefficient (Wildman–Crippen LogP) is 3.38. The van der Waals surface area contributed by atoms with Gasteiger partial charge in [-0.3, -0.25) is 0 Å². The summed E-state index contributed by atoms with van der Waals surface area (Å²) in [6.07, 6.45) is 2.33. The molecule has 0 saturated heterocycles. The third-order valence-electron chi connectivity index (χ3n) is 5.18. The average molecular weight is 406 g/mol. The van der Waals surface area contributed by atoms with Gasteiger partial charge in [-0.15, -0.1) is 0 Å². The third kappa shape index (κ3) is 3.59. The maximum absolute atomic E-state index is 13.2. The lowest BCUT2D eigenvalue weighted by atomic mass is 9.95. The van der Waals surface area contributed by atoms with Crippen LogP contribution in [0.4, 0.5) is 10.5 Å². The van der Waals surface area contributed by atoms with Crippen LogP contribution in [0.1, 0.15) is 33.4 Å². The van der Waals surface area contributed by atoms with E-state index in [-0.39, 0.29) is 12.1 Å². The molecular weight excluding hydrogens is 384 g/mol. The SMILES string of the molecule is COC(=O)c1ccc(NC(=O)N2CCc3[nH]cnc3[C@@H]2c2ccccc2OC)cc1. The number of anilines is 1. The maximum atomic E-state index is 13.2. The van der Waals surface area contributed by atoms with Crippen molar-refractivity contribution in [1.82, 2.24) is 14.9 Å². The smallest absolute Gasteiger partial charge is 0.337 e. The van der Waals surface area contributed by atoms with Crippen molar-refractivity contribution in [3.05, 3.63) is 77.4 Å². The van der Waals surface area contributed by atoms with Gasteiger partial charge >= 0.3 is 12.0 Å². The quantitative estimate of drug-likeness (QED) is 0.648. The molecule has 0 spiro atoms. The highest BCUT2D eigenvalue weighted by molar-refractivity contribution is 5.92. The van der Waals surface area contributed by atoms with Gasteiger partial charge in [0.1, 0.15) is 11.8 Å². The number of para-hydroxylation sites is 1. The predicted molar refractivity (Wildman–Crippen MR) is 111 cm³/mol. The summed E-state index contributed by atoms with van der Waals surface area (Å²) >= 11 is 0. The zero-order valence-corrected chi connectivity index (χ0v) is 16.7. The fourth-order valence-corrected chi connectivity index (χ4v) is 3.71. The monoisotopic (exact) mass is 406 g/mol. The second-order valence-corrected chi connectivity index (χ2v) is 6.85. The van der Waals surface area contributed by atoms with E-state index in [0.717, 1.165) is 17.0 Å². The zero-order valence-electron chi connectivity index (χ0n) is 16.7. The largest absolute Gasteiger partial charge is 0.496 e. The van der Waals surface area contributed by atoms with Gasteiger partial charge in [-0.1, -0.05) is 18.2 Å². The summed E-state index contributed by atoms with van der Waals surface area (Å²) in [6, 6.07) is 13.6. The fourth-order valence-electron chi connectivity index (χ4n) is 3.71. The number of amides is 2. The summed E-state index contributed by atoms with van der Waals surface area (Å²) in [4.78, 5) is 34.2. The summed E-state index contributed by atoms with van der Waals surface area (Å²) < 4.78 is 10.2. The van der Waals surface area contributed by atoms with Crippen LogP contribution in [0.3, 0.4) is 0 Å². The van der Waals surface area contributed by atoms with Gasteiger partial charge < -0.3 is 24.7 Å². The van der Waals surface area contributed by atoms with E-state index >= 15 is 0 Å². The van der Waals surface area contributed by atoms with Crippen LogP contribution in [-0.4, -0.2) is 47.6 Å². The van der Waals surface area contributed by atoms with E-state index < -0.39 is 5.97 Å². The lowest BCUT2D eigenvalue weighted by Gasteiger charge is -2.35. The molecule has 8 nitrogen and oxygen atoms in total. The molecule has 4 rings (SSSR count). The van der Waals surface area contributed by atoms with Gasteiger partial charge in [-0.2, -0.15) is 0 Å². The number of hydrogen-bond acceptors (Lipinski definition) is 5. The van der Waals surface area contributed by atoms with E-state index in [1.54, 1.807) is 42.6 Å². The highest BCUT2D eigenvalue weighted by atomic mass is 16.5. The molecule has 1 atom stereocenters. The first-order valence-electron chi connectivity index (χ1n) is 9.53. The molecular formula is C22H22N4O4. The van der Waals surface area contributed by atoms with Crippen LogP contribution in [-0.2, 0) is 11.2 Å². The number of ether oxygens (including phenoxy) is 2. The molecule has 2 amide bonds. The Morgan fingerprint density at radius 1 is 1.13 bits per heavy atom. The van der Waals surface area contributed by atoms with Crippen LogP contribution < -0.4 is 10.1 Å². The number of carbonyl (C=O) groups excluding carboxylic acids is 2. The molecule has 3 aromatic rings. The minimum Gasteiger partial charge on any atom is -0.496 e. The van der Waals surface area contributed by atoms with Crippen molar-refractivity contribution in [2.75, 3.05) is 26.1 Å². The standard InChI is InChI=1S/C22H22N4O4/c1-29-18-6-4-3-5-16(18)20-19-17(23-13-24-19)11-12-26(20)22(28)25-15-9-7-14(8-10-15)21(27)30-2/h3-10,13,20H,11-12H2,1-2H3,(H,23,24)(H,25,28)/t20-/m0/s1. The Balaban J connectivity index is 1.63. The molecule has 0 bridgehead atoms. The Hall–Kier alpha value is -3.81. The molecule has 30 heavy (non-hydrogen) atoms. The van der Waals surface area contributed by atoms with Gasteiger partial charge in [-0.05, 0) is 30.3 Å². The Labute approximate surface area is 173 Å². The Morgan fingerprint density at radius 3 is 2.63 bits per heavy atom. The first-order chi connectivity index (χ1) is 14.6. The second kappa shape index (κ2) is 8.28. The van der Waals surface area contributed by atoms with E-state index in [0.29, 0.717) is 30.0 Å². The number of carbonyl (C=O) groups is 2. The van der Waals surface area contributed by atoms with Gasteiger partial charge in [0.05, 0.1) is 31.8 Å². The number of aromatic nitrogens is 2. The molecule has 0 aliphatic carbocycles. The molecule has 1 aliphatic heterocycles. The molecule has 1 aliphatic rings. The molecule has 0 radical (unpaired) electrons. The molecule has 2 heterocycles. The van der Waals surface area contributed by atoms with Crippen molar-refractivity contribution in [2.45, 2.75) is 12.5 Å². The van der Waals surface area contributed by atoms with Gasteiger partial charge in [-0.25, -0.2) is 14.6 Å². The number of esters is 1. The van der Waals surface area contributed by atoms with E-state index in [1.807, 2.05) is 24.3 Å². The summed E-state index contributed by atoms with van der Waals surface area (Å²) in [6.45, 7) is 0.518. The lowest BCUT2D eigenvalue weighted by Crippen LogP contribution is -2.43. The Kier molecular flexibility index (Phi) is 5.38. The number of urea groups is 1. The summed E-state index contributed by atoms with van der Waals surface area (Å²) in [5.41, 5.74) is 3.68. The molecule has 8 heteroatoms. The van der Waals surface area contributed by atoms with Gasteiger partial charge in [0.2, 0.25) is 0 Å². The highest BCUT2D eigenvalue weighted by Gasteiger charge is 2.35. The number of aromatic amines is 1. The number of methoxy groups -OCH3 is 2. The van der Waals surface area contributed by atoms with Crippen molar-refractivity contribution in [3.63, 3.8) is 0 Å². The van der Waals surface area contributed by atoms with Gasteiger partial charge in [0.25, 0.3) is 0 Å². The fraction of sp³-hybridized carbons (Fsp3) is 0.227. The van der Waals surface area contributed by atoms with E-state index in [9.17, 15) is 9.59 Å². The maximum Gasteiger partial charge on any atom is 0.337 e. The normalized spacial score (nSPS) is 15.3. The molecule has 0 fully saturated rings. The average Bonchev–Trinajstić information content (AvgIpc) is 3.27. The first-order valence-corrected chi connectivity index (χ1v) is 9.53. The van der Waals surface area contributed by atoms with Crippen molar-refractivity contribution < 1.29 is 19.1 Å². The zero-order chi connectivity index (χ0) is 21.1. The summed E-state index contributed by atoms with van der Waals surface area (Å²) in [7, 11) is 2.94. The van der Waals surface area contributed by atoms with Crippen molar-refractivity contribution in [2.24, 2.45) is 0 Å². The first kappa shape index (κ1) is 19.5. The summed E-state index contributed by atoms with van der Waals surface area (Å²) in [5.74, 6) is 0.268. The number of nitrogens with zero attached hydrogens (tertiary/aromatic N) is 2. The highest BCUT2D eigenvalue weighted by Crippen LogP contribution is 2.38. The van der Waals surface area contributed by atoms with E-state index in [2.05, 4.69) is 15.3 Å². The minimum absolute atomic E-state index is 0.259.